The molecular formula is C14H15N3O4. The number of aromatic nitrogens is 1. The van der Waals surface area contributed by atoms with Crippen molar-refractivity contribution in [1.82, 2.24) is 5.16 Å². The van der Waals surface area contributed by atoms with Gasteiger partial charge in [0.25, 0.3) is 5.91 Å². The van der Waals surface area contributed by atoms with E-state index in [0.717, 1.165) is 0 Å². The largest absolute Gasteiger partial charge is 0.411 e. The first-order valence-corrected chi connectivity index (χ1v) is 6.19. The predicted molar refractivity (Wildman–Crippen MR) is 75.6 cm³/mol. The number of amides is 1. The summed E-state index contributed by atoms with van der Waals surface area (Å²) in [5.41, 5.74) is 1.68. The number of hydrogen-bond donors (Lipinski definition) is 2. The van der Waals surface area contributed by atoms with Gasteiger partial charge in [-0.05, 0) is 13.0 Å². The van der Waals surface area contributed by atoms with Crippen molar-refractivity contribution in [3.05, 3.63) is 47.3 Å². The van der Waals surface area contributed by atoms with Crippen molar-refractivity contribution < 1.29 is 19.3 Å². The predicted octanol–water partition coefficient (Wildman–Crippen LogP) is 2.27. The summed E-state index contributed by atoms with van der Waals surface area (Å²) in [6.07, 6.45) is 0. The summed E-state index contributed by atoms with van der Waals surface area (Å²) in [6, 6.07) is 8.51. The monoisotopic (exact) mass is 289 g/mol. The lowest BCUT2D eigenvalue weighted by Crippen LogP contribution is -2.14. The maximum Gasteiger partial charge on any atom is 0.277 e. The third-order valence-corrected chi connectivity index (χ3v) is 2.79. The first-order chi connectivity index (χ1) is 10.2. The SMILES string of the molecule is COCc1cc(C(=O)Nc2ccccc2C(C)=NO)no1. The van der Waals surface area contributed by atoms with Crippen molar-refractivity contribution in [3.63, 3.8) is 0 Å². The normalized spacial score (nSPS) is 11.4. The molecule has 0 aliphatic carbocycles. The van der Waals surface area contributed by atoms with Crippen LogP contribution in [0, 0.1) is 0 Å². The van der Waals surface area contributed by atoms with Crippen LogP contribution in [0.2, 0.25) is 0 Å². The van der Waals surface area contributed by atoms with Crippen LogP contribution in [0.25, 0.3) is 0 Å². The summed E-state index contributed by atoms with van der Waals surface area (Å²) in [6.45, 7) is 1.88. The molecule has 0 aliphatic heterocycles. The highest BCUT2D eigenvalue weighted by atomic mass is 16.5. The van der Waals surface area contributed by atoms with Gasteiger partial charge in [0.15, 0.2) is 11.5 Å². The minimum atomic E-state index is -0.417. The first-order valence-electron chi connectivity index (χ1n) is 6.19. The average molecular weight is 289 g/mol. The van der Waals surface area contributed by atoms with E-state index in [1.54, 1.807) is 31.2 Å². The van der Waals surface area contributed by atoms with Crippen molar-refractivity contribution in [2.75, 3.05) is 12.4 Å². The quantitative estimate of drug-likeness (QED) is 0.500. The van der Waals surface area contributed by atoms with Crippen LogP contribution in [0.5, 0.6) is 0 Å². The van der Waals surface area contributed by atoms with Crippen LogP contribution in [0.3, 0.4) is 0 Å². The molecule has 110 valence electrons. The molecule has 0 bridgehead atoms. The molecule has 0 atom stereocenters. The van der Waals surface area contributed by atoms with Gasteiger partial charge in [-0.25, -0.2) is 0 Å². The van der Waals surface area contributed by atoms with Crippen LogP contribution >= 0.6 is 0 Å². The van der Waals surface area contributed by atoms with Gasteiger partial charge in [-0.2, -0.15) is 0 Å². The highest BCUT2D eigenvalue weighted by Crippen LogP contribution is 2.17. The van der Waals surface area contributed by atoms with Gasteiger partial charge in [0.05, 0.1) is 11.4 Å². The van der Waals surface area contributed by atoms with Crippen LogP contribution in [-0.4, -0.2) is 29.1 Å². The Hall–Kier alpha value is -2.67. The smallest absolute Gasteiger partial charge is 0.277 e. The molecule has 7 nitrogen and oxygen atoms in total. The molecule has 1 aromatic heterocycles. The average Bonchev–Trinajstić information content (AvgIpc) is 2.96. The Morgan fingerprint density at radius 3 is 2.95 bits per heavy atom. The van der Waals surface area contributed by atoms with E-state index in [1.807, 2.05) is 0 Å². The van der Waals surface area contributed by atoms with Crippen molar-refractivity contribution in [2.45, 2.75) is 13.5 Å². The van der Waals surface area contributed by atoms with Gasteiger partial charge >= 0.3 is 0 Å². The van der Waals surface area contributed by atoms with Crippen molar-refractivity contribution in [1.29, 1.82) is 0 Å². The number of para-hydroxylation sites is 1. The summed E-state index contributed by atoms with van der Waals surface area (Å²) in [5.74, 6) is 0.0447. The number of oxime groups is 1. The van der Waals surface area contributed by atoms with Crippen LogP contribution in [-0.2, 0) is 11.3 Å². The summed E-state index contributed by atoms with van der Waals surface area (Å²) in [4.78, 5) is 12.1. The highest BCUT2D eigenvalue weighted by molar-refractivity contribution is 6.09. The Labute approximate surface area is 121 Å². The Balaban J connectivity index is 2.19. The van der Waals surface area contributed by atoms with Crippen LogP contribution in [0.15, 0.2) is 40.0 Å². The lowest BCUT2D eigenvalue weighted by molar-refractivity contribution is 0.101. The molecule has 0 aliphatic rings. The zero-order chi connectivity index (χ0) is 15.2. The van der Waals surface area contributed by atoms with Crippen LogP contribution < -0.4 is 5.32 Å². The summed E-state index contributed by atoms with van der Waals surface area (Å²) < 4.78 is 9.86. The zero-order valence-electron chi connectivity index (χ0n) is 11.7. The Bertz CT molecular complexity index is 664. The molecular weight excluding hydrogens is 274 g/mol. The van der Waals surface area contributed by atoms with E-state index in [1.165, 1.54) is 13.2 Å². The van der Waals surface area contributed by atoms with Crippen molar-refractivity contribution in [2.24, 2.45) is 5.16 Å². The second-order valence-corrected chi connectivity index (χ2v) is 4.30. The second-order valence-electron chi connectivity index (χ2n) is 4.30. The van der Waals surface area contributed by atoms with Gasteiger partial charge in [0.1, 0.15) is 6.61 Å². The third kappa shape index (κ3) is 3.46. The van der Waals surface area contributed by atoms with Gasteiger partial charge < -0.3 is 19.8 Å². The van der Waals surface area contributed by atoms with Gasteiger partial charge in [0.2, 0.25) is 0 Å². The van der Waals surface area contributed by atoms with E-state index in [4.69, 9.17) is 14.5 Å². The fourth-order valence-electron chi connectivity index (χ4n) is 1.78. The highest BCUT2D eigenvalue weighted by Gasteiger charge is 2.15. The van der Waals surface area contributed by atoms with Crippen molar-refractivity contribution >= 4 is 17.3 Å². The molecule has 0 spiro atoms. The molecule has 2 N–H and O–H groups in total. The topological polar surface area (TPSA) is 97.0 Å². The maximum atomic E-state index is 12.1. The van der Waals surface area contributed by atoms with Crippen molar-refractivity contribution in [3.8, 4) is 0 Å². The fraction of sp³-hybridized carbons (Fsp3) is 0.214. The minimum Gasteiger partial charge on any atom is -0.411 e. The molecule has 1 heterocycles. The first kappa shape index (κ1) is 14.7. The molecule has 0 saturated heterocycles. The second kappa shape index (κ2) is 6.67. The molecule has 0 saturated carbocycles. The number of hydrogen-bond acceptors (Lipinski definition) is 6. The molecule has 7 heteroatoms. The summed E-state index contributed by atoms with van der Waals surface area (Å²) >= 11 is 0. The number of methoxy groups -OCH3 is 1. The number of carbonyl (C=O) groups excluding carboxylic acids is 1. The zero-order valence-corrected chi connectivity index (χ0v) is 11.7. The lowest BCUT2D eigenvalue weighted by Gasteiger charge is -2.08. The maximum absolute atomic E-state index is 12.1. The van der Waals surface area contributed by atoms with Gasteiger partial charge in [-0.15, -0.1) is 0 Å². The number of rotatable bonds is 5. The molecule has 2 rings (SSSR count). The minimum absolute atomic E-state index is 0.149. The molecule has 2 aromatic rings. The molecule has 0 fully saturated rings. The lowest BCUT2D eigenvalue weighted by atomic mass is 10.1. The number of carbonyl (C=O) groups is 1. The number of nitrogens with one attached hydrogen (secondary N) is 1. The fourth-order valence-corrected chi connectivity index (χ4v) is 1.78. The van der Waals surface area contributed by atoms with E-state index in [0.29, 0.717) is 22.7 Å². The van der Waals surface area contributed by atoms with E-state index in [2.05, 4.69) is 15.6 Å². The Kier molecular flexibility index (Phi) is 4.68. The third-order valence-electron chi connectivity index (χ3n) is 2.79. The number of ether oxygens (including phenoxy) is 1. The van der Waals surface area contributed by atoms with Crippen LogP contribution in [0.1, 0.15) is 28.7 Å². The molecule has 1 aromatic carbocycles. The Morgan fingerprint density at radius 2 is 2.24 bits per heavy atom. The summed E-state index contributed by atoms with van der Waals surface area (Å²) in [5, 5.41) is 18.4. The molecule has 21 heavy (non-hydrogen) atoms. The van der Waals surface area contributed by atoms with Crippen LogP contribution in [0.4, 0.5) is 5.69 Å². The van der Waals surface area contributed by atoms with E-state index < -0.39 is 5.91 Å². The Morgan fingerprint density at radius 1 is 1.48 bits per heavy atom. The van der Waals surface area contributed by atoms with E-state index in [9.17, 15) is 4.79 Å². The molecule has 0 radical (unpaired) electrons. The van der Waals surface area contributed by atoms with E-state index >= 15 is 0 Å². The molecule has 0 unspecified atom stereocenters. The molecule has 1 amide bonds. The standard InChI is InChI=1S/C14H15N3O4/c1-9(16-19)11-5-3-4-6-12(11)15-14(18)13-7-10(8-20-2)21-17-13/h3-7,19H,8H2,1-2H3,(H,15,18). The van der Waals surface area contributed by atoms with E-state index in [-0.39, 0.29) is 12.3 Å². The van der Waals surface area contributed by atoms with Gasteiger partial charge in [-0.1, -0.05) is 28.5 Å². The number of benzene rings is 1. The van der Waals surface area contributed by atoms with Gasteiger partial charge in [-0.3, -0.25) is 4.79 Å². The number of nitrogens with zero attached hydrogens (tertiary/aromatic N) is 2. The number of anilines is 1. The summed E-state index contributed by atoms with van der Waals surface area (Å²) in [7, 11) is 1.52. The van der Waals surface area contributed by atoms with Gasteiger partial charge in [0, 0.05) is 18.7 Å².